The minimum atomic E-state index is -1.01. The maximum atomic E-state index is 11.1. The molecule has 0 saturated heterocycles. The van der Waals surface area contributed by atoms with Crippen LogP contribution in [-0.4, -0.2) is 38.2 Å². The van der Waals surface area contributed by atoms with Crippen molar-refractivity contribution < 1.29 is 19.7 Å². The van der Waals surface area contributed by atoms with Crippen molar-refractivity contribution in [2.45, 2.75) is 0 Å². The van der Waals surface area contributed by atoms with E-state index in [-0.39, 0.29) is 11.3 Å². The smallest absolute Gasteiger partial charge is 0.335 e. The SMILES string of the molecule is COc1cccc(-c2cccc(-c3nc4ccc(C(=O)O)cc4[nH]3)c2O)n1. The maximum absolute atomic E-state index is 11.1. The summed E-state index contributed by atoms with van der Waals surface area (Å²) in [6.45, 7) is 0. The Labute approximate surface area is 153 Å². The number of methoxy groups -OCH3 is 1. The van der Waals surface area contributed by atoms with Crippen LogP contribution in [-0.2, 0) is 0 Å². The van der Waals surface area contributed by atoms with E-state index in [1.54, 1.807) is 42.5 Å². The van der Waals surface area contributed by atoms with E-state index in [9.17, 15) is 9.90 Å². The topological polar surface area (TPSA) is 108 Å². The fourth-order valence-electron chi connectivity index (χ4n) is 2.89. The number of H-pyrrole nitrogens is 1. The average molecular weight is 361 g/mol. The fourth-order valence-corrected chi connectivity index (χ4v) is 2.89. The standard InChI is InChI=1S/C20H15N3O4/c1-27-17-7-3-6-14(21-17)12-4-2-5-13(18(12)24)19-22-15-9-8-11(20(25)26)10-16(15)23-19/h2-10,24H,1H3,(H,22,23)(H,25,26). The van der Waals surface area contributed by atoms with E-state index in [1.807, 2.05) is 0 Å². The number of aromatic nitrogens is 3. The fraction of sp³-hybridized carbons (Fsp3) is 0.0500. The summed E-state index contributed by atoms with van der Waals surface area (Å²) in [7, 11) is 1.53. The maximum Gasteiger partial charge on any atom is 0.335 e. The molecule has 2 aromatic carbocycles. The third kappa shape index (κ3) is 2.95. The van der Waals surface area contributed by atoms with Crippen molar-refractivity contribution in [3.8, 4) is 34.3 Å². The van der Waals surface area contributed by atoms with E-state index in [1.165, 1.54) is 19.2 Å². The van der Waals surface area contributed by atoms with Crippen LogP contribution in [0.4, 0.5) is 0 Å². The zero-order chi connectivity index (χ0) is 19.0. The lowest BCUT2D eigenvalue weighted by Crippen LogP contribution is -1.94. The monoisotopic (exact) mass is 361 g/mol. The molecule has 2 heterocycles. The number of fused-ring (bicyclic) bond motifs is 1. The van der Waals surface area contributed by atoms with Gasteiger partial charge in [-0.3, -0.25) is 0 Å². The predicted molar refractivity (Wildman–Crippen MR) is 99.9 cm³/mol. The molecule has 134 valence electrons. The Hall–Kier alpha value is -3.87. The molecule has 4 aromatic rings. The molecule has 0 atom stereocenters. The highest BCUT2D eigenvalue weighted by Crippen LogP contribution is 2.37. The van der Waals surface area contributed by atoms with Crippen LogP contribution in [0, 0.1) is 0 Å². The number of carbonyl (C=O) groups is 1. The van der Waals surface area contributed by atoms with Gasteiger partial charge in [-0.05, 0) is 36.4 Å². The van der Waals surface area contributed by atoms with Gasteiger partial charge >= 0.3 is 5.97 Å². The first-order valence-corrected chi connectivity index (χ1v) is 8.13. The minimum Gasteiger partial charge on any atom is -0.506 e. The summed E-state index contributed by atoms with van der Waals surface area (Å²) < 4.78 is 5.14. The second-order valence-corrected chi connectivity index (χ2v) is 5.89. The first kappa shape index (κ1) is 16.6. The third-order valence-corrected chi connectivity index (χ3v) is 4.23. The molecule has 7 nitrogen and oxygen atoms in total. The number of aromatic amines is 1. The van der Waals surface area contributed by atoms with Crippen molar-refractivity contribution in [3.63, 3.8) is 0 Å². The molecule has 0 aliphatic rings. The number of carboxylic acid groups (broad SMARTS) is 1. The lowest BCUT2D eigenvalue weighted by molar-refractivity contribution is 0.0697. The molecule has 0 aliphatic heterocycles. The summed E-state index contributed by atoms with van der Waals surface area (Å²) in [5.74, 6) is -0.102. The van der Waals surface area contributed by atoms with Crippen LogP contribution in [0.15, 0.2) is 54.6 Å². The number of ether oxygens (including phenoxy) is 1. The molecule has 3 N–H and O–H groups in total. The van der Waals surface area contributed by atoms with Gasteiger partial charge in [0.25, 0.3) is 0 Å². The zero-order valence-corrected chi connectivity index (χ0v) is 14.3. The lowest BCUT2D eigenvalue weighted by atomic mass is 10.0. The second kappa shape index (κ2) is 6.45. The highest BCUT2D eigenvalue weighted by atomic mass is 16.5. The van der Waals surface area contributed by atoms with Crippen molar-refractivity contribution in [3.05, 3.63) is 60.2 Å². The highest BCUT2D eigenvalue weighted by Gasteiger charge is 2.16. The number of carboxylic acids is 1. The summed E-state index contributed by atoms with van der Waals surface area (Å²) in [5.41, 5.74) is 2.95. The molecule has 0 unspecified atom stereocenters. The van der Waals surface area contributed by atoms with E-state index in [4.69, 9.17) is 9.84 Å². The number of rotatable bonds is 4. The first-order valence-electron chi connectivity index (χ1n) is 8.13. The van der Waals surface area contributed by atoms with Gasteiger partial charge in [0.1, 0.15) is 11.6 Å². The first-order chi connectivity index (χ1) is 13.1. The number of nitrogens with zero attached hydrogens (tertiary/aromatic N) is 2. The summed E-state index contributed by atoms with van der Waals surface area (Å²) >= 11 is 0. The number of phenols is 1. The van der Waals surface area contributed by atoms with Crippen molar-refractivity contribution >= 4 is 17.0 Å². The molecule has 0 aliphatic carbocycles. The van der Waals surface area contributed by atoms with Gasteiger partial charge in [0, 0.05) is 11.6 Å². The Bertz CT molecular complexity index is 1170. The van der Waals surface area contributed by atoms with E-state index in [2.05, 4.69) is 15.0 Å². The van der Waals surface area contributed by atoms with Crippen LogP contribution in [0.5, 0.6) is 11.6 Å². The van der Waals surface area contributed by atoms with Crippen LogP contribution in [0.1, 0.15) is 10.4 Å². The molecular weight excluding hydrogens is 346 g/mol. The lowest BCUT2D eigenvalue weighted by Gasteiger charge is -2.08. The van der Waals surface area contributed by atoms with Gasteiger partial charge in [0.2, 0.25) is 5.88 Å². The number of imidazole rings is 1. The molecule has 0 saturated carbocycles. The molecule has 4 rings (SSSR count). The molecule has 0 bridgehead atoms. The van der Waals surface area contributed by atoms with E-state index >= 15 is 0 Å². The number of benzene rings is 2. The van der Waals surface area contributed by atoms with E-state index in [0.29, 0.717) is 39.6 Å². The quantitative estimate of drug-likeness (QED) is 0.511. The summed E-state index contributed by atoms with van der Waals surface area (Å²) in [5, 5.41) is 19.9. The number of hydrogen-bond donors (Lipinski definition) is 3. The Morgan fingerprint density at radius 1 is 1.04 bits per heavy atom. The van der Waals surface area contributed by atoms with Crippen molar-refractivity contribution in [2.24, 2.45) is 0 Å². The normalized spacial score (nSPS) is 10.9. The second-order valence-electron chi connectivity index (χ2n) is 5.89. The summed E-state index contributed by atoms with van der Waals surface area (Å²) in [6, 6.07) is 15.2. The highest BCUT2D eigenvalue weighted by molar-refractivity contribution is 5.93. The number of para-hydroxylation sites is 1. The molecule has 0 radical (unpaired) electrons. The van der Waals surface area contributed by atoms with Gasteiger partial charge in [-0.25, -0.2) is 14.8 Å². The minimum absolute atomic E-state index is 0.0239. The molecule has 0 fully saturated rings. The van der Waals surface area contributed by atoms with Crippen LogP contribution < -0.4 is 4.74 Å². The number of phenolic OH excluding ortho intramolecular Hbond substituents is 1. The van der Waals surface area contributed by atoms with Gasteiger partial charge in [-0.15, -0.1) is 0 Å². The summed E-state index contributed by atoms with van der Waals surface area (Å²) in [4.78, 5) is 23.0. The van der Waals surface area contributed by atoms with Crippen LogP contribution in [0.25, 0.3) is 33.7 Å². The number of pyridine rings is 1. The zero-order valence-electron chi connectivity index (χ0n) is 14.3. The Morgan fingerprint density at radius 3 is 2.59 bits per heavy atom. The van der Waals surface area contributed by atoms with Gasteiger partial charge in [0.05, 0.1) is 35.0 Å². The largest absolute Gasteiger partial charge is 0.506 e. The Kier molecular flexibility index (Phi) is 3.97. The number of hydrogen-bond acceptors (Lipinski definition) is 5. The number of nitrogens with one attached hydrogen (secondary N) is 1. The molecular formula is C20H15N3O4. The van der Waals surface area contributed by atoms with Crippen molar-refractivity contribution in [2.75, 3.05) is 7.11 Å². The molecule has 0 spiro atoms. The van der Waals surface area contributed by atoms with Crippen LogP contribution in [0.3, 0.4) is 0 Å². The van der Waals surface area contributed by atoms with Crippen molar-refractivity contribution in [1.29, 1.82) is 0 Å². The van der Waals surface area contributed by atoms with Crippen molar-refractivity contribution in [1.82, 2.24) is 15.0 Å². The molecule has 27 heavy (non-hydrogen) atoms. The van der Waals surface area contributed by atoms with Crippen LogP contribution in [0.2, 0.25) is 0 Å². The Balaban J connectivity index is 1.82. The third-order valence-electron chi connectivity index (χ3n) is 4.23. The Morgan fingerprint density at radius 2 is 1.81 bits per heavy atom. The van der Waals surface area contributed by atoms with Gasteiger partial charge in [-0.2, -0.15) is 0 Å². The van der Waals surface area contributed by atoms with E-state index < -0.39 is 5.97 Å². The number of aromatic hydroxyl groups is 1. The number of aromatic carboxylic acids is 1. The molecule has 0 amide bonds. The van der Waals surface area contributed by atoms with Gasteiger partial charge in [0.15, 0.2) is 0 Å². The van der Waals surface area contributed by atoms with Gasteiger partial charge in [-0.1, -0.05) is 12.1 Å². The predicted octanol–water partition coefficient (Wildman–Crippen LogP) is 3.70. The van der Waals surface area contributed by atoms with Crippen LogP contribution >= 0.6 is 0 Å². The average Bonchev–Trinajstić information content (AvgIpc) is 3.11. The molecule has 7 heteroatoms. The summed E-state index contributed by atoms with van der Waals surface area (Å²) in [6.07, 6.45) is 0. The van der Waals surface area contributed by atoms with E-state index in [0.717, 1.165) is 0 Å². The van der Waals surface area contributed by atoms with Gasteiger partial charge < -0.3 is 19.9 Å². The molecule has 2 aromatic heterocycles.